The van der Waals surface area contributed by atoms with Crippen molar-refractivity contribution in [3.05, 3.63) is 36.0 Å². The quantitative estimate of drug-likeness (QED) is 0.708. The lowest BCUT2D eigenvalue weighted by Gasteiger charge is -2.22. The predicted octanol–water partition coefficient (Wildman–Crippen LogP) is 1.42. The first kappa shape index (κ1) is 10.2. The second kappa shape index (κ2) is 3.68. The van der Waals surface area contributed by atoms with Gasteiger partial charge in [0.05, 0.1) is 6.61 Å². The highest BCUT2D eigenvalue weighted by atomic mass is 16.3. The first-order chi connectivity index (χ1) is 7.12. The molecule has 1 atom stereocenters. The summed E-state index contributed by atoms with van der Waals surface area (Å²) >= 11 is 0. The Kier molecular flexibility index (Phi) is 2.50. The summed E-state index contributed by atoms with van der Waals surface area (Å²) in [6.07, 6.45) is 2.60. The van der Waals surface area contributed by atoms with Gasteiger partial charge in [-0.2, -0.15) is 0 Å². The van der Waals surface area contributed by atoms with Gasteiger partial charge in [0.1, 0.15) is 0 Å². The molecule has 1 heterocycles. The van der Waals surface area contributed by atoms with Crippen LogP contribution in [0.25, 0.3) is 10.9 Å². The minimum atomic E-state index is -0.550. The van der Waals surface area contributed by atoms with Crippen molar-refractivity contribution in [2.75, 3.05) is 6.61 Å². The molecule has 0 radical (unpaired) electrons. The van der Waals surface area contributed by atoms with Crippen LogP contribution in [0.3, 0.4) is 0 Å². The summed E-state index contributed by atoms with van der Waals surface area (Å²) in [5.74, 6) is 0. The van der Waals surface area contributed by atoms with Gasteiger partial charge in [0.25, 0.3) is 0 Å². The van der Waals surface area contributed by atoms with Crippen molar-refractivity contribution in [1.82, 2.24) is 4.98 Å². The first-order valence-corrected chi connectivity index (χ1v) is 5.07. The van der Waals surface area contributed by atoms with Gasteiger partial charge in [0, 0.05) is 22.6 Å². The van der Waals surface area contributed by atoms with Crippen LogP contribution in [0.5, 0.6) is 0 Å². The van der Waals surface area contributed by atoms with E-state index >= 15 is 0 Å². The van der Waals surface area contributed by atoms with Crippen LogP contribution >= 0.6 is 0 Å². The average Bonchev–Trinajstić information content (AvgIpc) is 2.66. The Morgan fingerprint density at radius 1 is 1.40 bits per heavy atom. The molecule has 0 saturated carbocycles. The maximum atomic E-state index is 9.15. The lowest BCUT2D eigenvalue weighted by Crippen LogP contribution is -2.42. The van der Waals surface area contributed by atoms with Crippen molar-refractivity contribution in [2.45, 2.75) is 18.9 Å². The van der Waals surface area contributed by atoms with Crippen LogP contribution in [0.2, 0.25) is 0 Å². The third-order valence-electron chi connectivity index (χ3n) is 2.64. The zero-order chi connectivity index (χ0) is 10.9. The van der Waals surface area contributed by atoms with E-state index < -0.39 is 5.54 Å². The molecule has 2 rings (SSSR count). The minimum Gasteiger partial charge on any atom is -0.394 e. The number of aliphatic hydroxyl groups is 1. The second-order valence-electron chi connectivity index (χ2n) is 4.34. The molecule has 2 aromatic rings. The molecule has 0 aliphatic rings. The van der Waals surface area contributed by atoms with Crippen LogP contribution in [-0.2, 0) is 6.42 Å². The van der Waals surface area contributed by atoms with E-state index in [1.54, 1.807) is 0 Å². The number of aromatic nitrogens is 1. The van der Waals surface area contributed by atoms with Gasteiger partial charge < -0.3 is 15.8 Å². The molecule has 0 aliphatic carbocycles. The fraction of sp³-hybridized carbons (Fsp3) is 0.333. The normalized spacial score (nSPS) is 15.4. The molecule has 15 heavy (non-hydrogen) atoms. The summed E-state index contributed by atoms with van der Waals surface area (Å²) in [7, 11) is 0. The van der Waals surface area contributed by atoms with Crippen LogP contribution in [0.1, 0.15) is 12.5 Å². The van der Waals surface area contributed by atoms with Crippen LogP contribution in [0.4, 0.5) is 0 Å². The molecular weight excluding hydrogens is 188 g/mol. The van der Waals surface area contributed by atoms with Gasteiger partial charge in [-0.3, -0.25) is 0 Å². The topological polar surface area (TPSA) is 62.0 Å². The number of aromatic amines is 1. The lowest BCUT2D eigenvalue weighted by molar-refractivity contribution is 0.208. The summed E-state index contributed by atoms with van der Waals surface area (Å²) in [4.78, 5) is 3.16. The number of benzene rings is 1. The van der Waals surface area contributed by atoms with Crippen molar-refractivity contribution in [3.63, 3.8) is 0 Å². The van der Waals surface area contributed by atoms with Gasteiger partial charge in [-0.1, -0.05) is 12.1 Å². The number of hydrogen-bond donors (Lipinski definition) is 3. The molecule has 0 saturated heterocycles. The van der Waals surface area contributed by atoms with Crippen molar-refractivity contribution >= 4 is 10.9 Å². The molecule has 0 aliphatic heterocycles. The lowest BCUT2D eigenvalue weighted by atomic mass is 9.93. The van der Waals surface area contributed by atoms with E-state index in [0.29, 0.717) is 6.42 Å². The highest BCUT2D eigenvalue weighted by molar-refractivity contribution is 5.82. The molecule has 3 heteroatoms. The summed E-state index contributed by atoms with van der Waals surface area (Å²) in [5, 5.41) is 10.3. The second-order valence-corrected chi connectivity index (χ2v) is 4.34. The Balaban J connectivity index is 2.39. The Morgan fingerprint density at radius 3 is 2.93 bits per heavy atom. The monoisotopic (exact) mass is 204 g/mol. The van der Waals surface area contributed by atoms with Gasteiger partial charge in [0.2, 0.25) is 0 Å². The third-order valence-corrected chi connectivity index (χ3v) is 2.64. The number of nitrogens with one attached hydrogen (secondary N) is 1. The zero-order valence-corrected chi connectivity index (χ0v) is 8.83. The Hall–Kier alpha value is -1.32. The average molecular weight is 204 g/mol. The molecule has 80 valence electrons. The van der Waals surface area contributed by atoms with Crippen LogP contribution in [-0.4, -0.2) is 22.2 Å². The molecule has 1 unspecified atom stereocenters. The summed E-state index contributed by atoms with van der Waals surface area (Å²) in [6, 6.07) is 8.13. The van der Waals surface area contributed by atoms with E-state index in [9.17, 15) is 0 Å². The van der Waals surface area contributed by atoms with E-state index in [4.69, 9.17) is 10.8 Å². The largest absolute Gasteiger partial charge is 0.394 e. The van der Waals surface area contributed by atoms with Crippen molar-refractivity contribution in [3.8, 4) is 0 Å². The van der Waals surface area contributed by atoms with Crippen LogP contribution < -0.4 is 5.73 Å². The predicted molar refractivity (Wildman–Crippen MR) is 61.7 cm³/mol. The maximum Gasteiger partial charge on any atom is 0.0611 e. The van der Waals surface area contributed by atoms with Gasteiger partial charge >= 0.3 is 0 Å². The molecule has 0 amide bonds. The fourth-order valence-electron chi connectivity index (χ4n) is 1.80. The smallest absolute Gasteiger partial charge is 0.0611 e. The Bertz CT molecular complexity index is 459. The Labute approximate surface area is 88.9 Å². The molecule has 3 nitrogen and oxygen atoms in total. The summed E-state index contributed by atoms with van der Waals surface area (Å²) < 4.78 is 0. The van der Waals surface area contributed by atoms with Gasteiger partial charge in [-0.25, -0.2) is 0 Å². The van der Waals surface area contributed by atoms with Crippen molar-refractivity contribution in [1.29, 1.82) is 0 Å². The van der Waals surface area contributed by atoms with Crippen LogP contribution in [0.15, 0.2) is 30.5 Å². The zero-order valence-electron chi connectivity index (χ0n) is 8.83. The third kappa shape index (κ3) is 2.03. The maximum absolute atomic E-state index is 9.15. The van der Waals surface area contributed by atoms with E-state index in [-0.39, 0.29) is 6.61 Å². The van der Waals surface area contributed by atoms with Gasteiger partial charge in [0.15, 0.2) is 0 Å². The fourth-order valence-corrected chi connectivity index (χ4v) is 1.80. The number of rotatable bonds is 3. The Morgan fingerprint density at radius 2 is 2.20 bits per heavy atom. The molecule has 0 spiro atoms. The molecule has 1 aromatic heterocycles. The number of H-pyrrole nitrogens is 1. The summed E-state index contributed by atoms with van der Waals surface area (Å²) in [6.45, 7) is 1.85. The number of nitrogens with two attached hydrogens (primary N) is 1. The first-order valence-electron chi connectivity index (χ1n) is 5.07. The van der Waals surface area contributed by atoms with Gasteiger partial charge in [-0.05, 0) is 31.0 Å². The molecular formula is C12H16N2O. The summed E-state index contributed by atoms with van der Waals surface area (Å²) in [5.41, 5.74) is 7.68. The number of hydrogen-bond acceptors (Lipinski definition) is 2. The highest BCUT2D eigenvalue weighted by Crippen LogP contribution is 2.20. The van der Waals surface area contributed by atoms with Crippen molar-refractivity contribution in [2.24, 2.45) is 5.73 Å². The molecule has 0 bridgehead atoms. The molecule has 1 aromatic carbocycles. The SMILES string of the molecule is CC(N)(CO)Cc1cccc2[nH]ccc12. The van der Waals surface area contributed by atoms with Crippen molar-refractivity contribution < 1.29 is 5.11 Å². The van der Waals surface area contributed by atoms with Crippen LogP contribution in [0, 0.1) is 0 Å². The van der Waals surface area contributed by atoms with E-state index in [1.165, 1.54) is 10.9 Å². The highest BCUT2D eigenvalue weighted by Gasteiger charge is 2.18. The van der Waals surface area contributed by atoms with E-state index in [0.717, 1.165) is 5.52 Å². The minimum absolute atomic E-state index is 0.00614. The number of aliphatic hydroxyl groups excluding tert-OH is 1. The van der Waals surface area contributed by atoms with E-state index in [1.807, 2.05) is 31.3 Å². The van der Waals surface area contributed by atoms with Gasteiger partial charge in [-0.15, -0.1) is 0 Å². The molecule has 4 N–H and O–H groups in total. The number of fused-ring (bicyclic) bond motifs is 1. The van der Waals surface area contributed by atoms with E-state index in [2.05, 4.69) is 11.1 Å². The standard InChI is InChI=1S/C12H16N2O/c1-12(13,8-15)7-9-3-2-4-11-10(9)5-6-14-11/h2-6,14-15H,7-8,13H2,1H3. The molecule has 0 fully saturated rings.